The molecule has 8 heteroatoms. The van der Waals surface area contributed by atoms with E-state index in [-0.39, 0.29) is 43.2 Å². The number of amides is 4. The van der Waals surface area contributed by atoms with E-state index in [9.17, 15) is 19.2 Å². The zero-order valence-corrected chi connectivity index (χ0v) is 18.9. The Bertz CT molecular complexity index is 1070. The van der Waals surface area contributed by atoms with E-state index in [4.69, 9.17) is 4.74 Å². The molecule has 8 nitrogen and oxygen atoms in total. The third-order valence-corrected chi connectivity index (χ3v) is 6.25. The molecule has 0 spiro atoms. The Morgan fingerprint density at radius 2 is 1.39 bits per heavy atom. The summed E-state index contributed by atoms with van der Waals surface area (Å²) in [4.78, 5) is 54.5. The average Bonchev–Trinajstić information content (AvgIpc) is 3.08. The summed E-state index contributed by atoms with van der Waals surface area (Å²) in [6.07, 6.45) is 0.0648. The van der Waals surface area contributed by atoms with Gasteiger partial charge in [0, 0.05) is 39.1 Å². The van der Waals surface area contributed by atoms with Gasteiger partial charge < -0.3 is 14.5 Å². The van der Waals surface area contributed by atoms with Crippen molar-refractivity contribution in [3.8, 4) is 5.75 Å². The molecule has 4 amide bonds. The molecule has 0 saturated carbocycles. The number of hydrogen-bond acceptors (Lipinski definition) is 5. The van der Waals surface area contributed by atoms with Crippen molar-refractivity contribution in [1.29, 1.82) is 0 Å². The third kappa shape index (κ3) is 4.74. The summed E-state index contributed by atoms with van der Waals surface area (Å²) in [5, 5.41) is 0. The molecule has 2 aliphatic rings. The van der Waals surface area contributed by atoms with E-state index in [2.05, 4.69) is 0 Å². The summed E-state index contributed by atoms with van der Waals surface area (Å²) >= 11 is 0. The zero-order valence-electron chi connectivity index (χ0n) is 18.9. The van der Waals surface area contributed by atoms with Crippen LogP contribution in [0.2, 0.25) is 0 Å². The van der Waals surface area contributed by atoms with E-state index in [0.29, 0.717) is 43.1 Å². The van der Waals surface area contributed by atoms with Crippen molar-refractivity contribution in [2.45, 2.75) is 20.3 Å². The molecule has 1 fully saturated rings. The minimum Gasteiger partial charge on any atom is -0.484 e. The van der Waals surface area contributed by atoms with Gasteiger partial charge in [-0.05, 0) is 49.2 Å². The number of nitrogens with zero attached hydrogens (tertiary/aromatic N) is 3. The van der Waals surface area contributed by atoms with Gasteiger partial charge in [0.1, 0.15) is 5.75 Å². The number of fused-ring (bicyclic) bond motifs is 1. The summed E-state index contributed by atoms with van der Waals surface area (Å²) in [6, 6.07) is 12.4. The lowest BCUT2D eigenvalue weighted by Gasteiger charge is -2.35. The van der Waals surface area contributed by atoms with Crippen LogP contribution in [-0.4, -0.2) is 77.7 Å². The normalized spacial score (nSPS) is 15.6. The first-order valence-electron chi connectivity index (χ1n) is 11.1. The van der Waals surface area contributed by atoms with E-state index < -0.39 is 0 Å². The van der Waals surface area contributed by atoms with Gasteiger partial charge in [0.25, 0.3) is 17.7 Å². The maximum atomic E-state index is 12.6. The largest absolute Gasteiger partial charge is 0.484 e. The summed E-state index contributed by atoms with van der Waals surface area (Å²) in [6.45, 7) is 5.69. The Kier molecular flexibility index (Phi) is 6.44. The van der Waals surface area contributed by atoms with Crippen LogP contribution in [0.5, 0.6) is 5.75 Å². The van der Waals surface area contributed by atoms with E-state index in [1.165, 1.54) is 0 Å². The molecule has 172 valence electrons. The molecule has 4 rings (SSSR count). The van der Waals surface area contributed by atoms with Crippen molar-refractivity contribution in [3.05, 3.63) is 64.7 Å². The Morgan fingerprint density at radius 1 is 0.818 bits per heavy atom. The zero-order chi connectivity index (χ0) is 23.5. The highest BCUT2D eigenvalue weighted by molar-refractivity contribution is 6.21. The number of hydrogen-bond donors (Lipinski definition) is 0. The van der Waals surface area contributed by atoms with E-state index in [1.54, 1.807) is 34.1 Å². The standard InChI is InChI=1S/C25H27N3O5/c1-17-7-8-19(15-18(17)2)33-16-23(30)27-13-11-26(12-14-27)22(29)9-10-28-24(31)20-5-3-4-6-21(20)25(28)32/h3-8,15H,9-14,16H2,1-2H3. The van der Waals surface area contributed by atoms with Gasteiger partial charge in [-0.25, -0.2) is 0 Å². The predicted octanol–water partition coefficient (Wildman–Crippen LogP) is 2.04. The van der Waals surface area contributed by atoms with Crippen molar-refractivity contribution in [1.82, 2.24) is 14.7 Å². The number of carbonyl (C=O) groups excluding carboxylic acids is 4. The monoisotopic (exact) mass is 449 g/mol. The van der Waals surface area contributed by atoms with Gasteiger partial charge in [0.15, 0.2) is 6.61 Å². The van der Waals surface area contributed by atoms with Crippen molar-refractivity contribution in [2.75, 3.05) is 39.3 Å². The predicted molar refractivity (Wildman–Crippen MR) is 121 cm³/mol. The van der Waals surface area contributed by atoms with Crippen LogP contribution in [0, 0.1) is 13.8 Å². The lowest BCUT2D eigenvalue weighted by atomic mass is 10.1. The van der Waals surface area contributed by atoms with Gasteiger partial charge in [-0.15, -0.1) is 0 Å². The van der Waals surface area contributed by atoms with E-state index in [1.807, 2.05) is 32.0 Å². The lowest BCUT2D eigenvalue weighted by molar-refractivity contribution is -0.140. The first-order chi connectivity index (χ1) is 15.8. The second-order valence-corrected chi connectivity index (χ2v) is 8.35. The van der Waals surface area contributed by atoms with Gasteiger partial charge in [0.2, 0.25) is 5.91 Å². The third-order valence-electron chi connectivity index (χ3n) is 6.25. The number of imide groups is 1. The van der Waals surface area contributed by atoms with Crippen LogP contribution in [0.4, 0.5) is 0 Å². The van der Waals surface area contributed by atoms with Crippen LogP contribution in [0.3, 0.4) is 0 Å². The van der Waals surface area contributed by atoms with Gasteiger partial charge >= 0.3 is 0 Å². The van der Waals surface area contributed by atoms with Crippen LogP contribution >= 0.6 is 0 Å². The lowest BCUT2D eigenvalue weighted by Crippen LogP contribution is -2.52. The topological polar surface area (TPSA) is 87.2 Å². The minimum atomic E-state index is -0.359. The fourth-order valence-electron chi connectivity index (χ4n) is 4.05. The summed E-state index contributed by atoms with van der Waals surface area (Å²) in [5.41, 5.74) is 3.03. The Morgan fingerprint density at radius 3 is 1.97 bits per heavy atom. The fraction of sp³-hybridized carbons (Fsp3) is 0.360. The minimum absolute atomic E-state index is 0.0454. The smallest absolute Gasteiger partial charge is 0.261 e. The number of aryl methyl sites for hydroxylation is 2. The van der Waals surface area contributed by atoms with Crippen LogP contribution in [0.1, 0.15) is 38.3 Å². The highest BCUT2D eigenvalue weighted by Gasteiger charge is 2.35. The Balaban J connectivity index is 1.22. The van der Waals surface area contributed by atoms with Gasteiger partial charge in [-0.3, -0.25) is 24.1 Å². The summed E-state index contributed by atoms with van der Waals surface area (Å²) in [5.74, 6) is -0.310. The molecular formula is C25H27N3O5. The van der Waals surface area contributed by atoms with E-state index in [0.717, 1.165) is 16.0 Å². The molecule has 2 aliphatic heterocycles. The molecule has 0 atom stereocenters. The number of rotatable bonds is 6. The maximum absolute atomic E-state index is 12.6. The highest BCUT2D eigenvalue weighted by Crippen LogP contribution is 2.22. The van der Waals surface area contributed by atoms with Crippen molar-refractivity contribution in [3.63, 3.8) is 0 Å². The first-order valence-corrected chi connectivity index (χ1v) is 11.1. The fourth-order valence-corrected chi connectivity index (χ4v) is 4.05. The van der Waals surface area contributed by atoms with E-state index >= 15 is 0 Å². The SMILES string of the molecule is Cc1ccc(OCC(=O)N2CCN(C(=O)CCN3C(=O)c4ccccc4C3=O)CC2)cc1C. The number of benzene rings is 2. The van der Waals surface area contributed by atoms with Gasteiger partial charge in [0.05, 0.1) is 11.1 Å². The molecule has 0 radical (unpaired) electrons. The molecule has 0 aliphatic carbocycles. The molecule has 2 heterocycles. The molecule has 2 aromatic rings. The molecular weight excluding hydrogens is 422 g/mol. The second kappa shape index (κ2) is 9.44. The number of piperazine rings is 1. The van der Waals surface area contributed by atoms with Crippen molar-refractivity contribution < 1.29 is 23.9 Å². The molecule has 2 aromatic carbocycles. The molecule has 0 unspecified atom stereocenters. The molecule has 0 aromatic heterocycles. The van der Waals surface area contributed by atoms with Crippen LogP contribution in [0.25, 0.3) is 0 Å². The quantitative estimate of drug-likeness (QED) is 0.630. The molecule has 0 N–H and O–H groups in total. The maximum Gasteiger partial charge on any atom is 0.261 e. The average molecular weight is 450 g/mol. The first kappa shape index (κ1) is 22.5. The number of ether oxygens (including phenoxy) is 1. The number of carbonyl (C=O) groups is 4. The highest BCUT2D eigenvalue weighted by atomic mass is 16.5. The van der Waals surface area contributed by atoms with Crippen LogP contribution in [0.15, 0.2) is 42.5 Å². The second-order valence-electron chi connectivity index (χ2n) is 8.35. The Hall–Kier alpha value is -3.68. The molecule has 0 bridgehead atoms. The van der Waals surface area contributed by atoms with Crippen LogP contribution in [-0.2, 0) is 9.59 Å². The van der Waals surface area contributed by atoms with Crippen molar-refractivity contribution in [2.24, 2.45) is 0 Å². The summed E-state index contributed by atoms with van der Waals surface area (Å²) in [7, 11) is 0. The van der Waals surface area contributed by atoms with Gasteiger partial charge in [-0.2, -0.15) is 0 Å². The van der Waals surface area contributed by atoms with Gasteiger partial charge in [-0.1, -0.05) is 18.2 Å². The molecule has 33 heavy (non-hydrogen) atoms. The molecule has 1 saturated heterocycles. The summed E-state index contributed by atoms with van der Waals surface area (Å²) < 4.78 is 5.63. The Labute approximate surface area is 192 Å². The van der Waals surface area contributed by atoms with Crippen molar-refractivity contribution >= 4 is 23.6 Å². The van der Waals surface area contributed by atoms with Crippen LogP contribution < -0.4 is 4.74 Å².